The van der Waals surface area contributed by atoms with Crippen molar-refractivity contribution in [2.24, 2.45) is 13.0 Å². The minimum absolute atomic E-state index is 0.0544. The summed E-state index contributed by atoms with van der Waals surface area (Å²) in [5, 5.41) is 4.97. The van der Waals surface area contributed by atoms with E-state index in [4.69, 9.17) is 4.74 Å². The lowest BCUT2D eigenvalue weighted by Crippen LogP contribution is -2.30. The van der Waals surface area contributed by atoms with Crippen molar-refractivity contribution in [2.45, 2.75) is 39.0 Å². The molecule has 2 rings (SSSR count). The van der Waals surface area contributed by atoms with Crippen molar-refractivity contribution in [2.75, 3.05) is 25.5 Å². The van der Waals surface area contributed by atoms with Crippen molar-refractivity contribution in [3.63, 3.8) is 0 Å². The van der Waals surface area contributed by atoms with Gasteiger partial charge in [-0.15, -0.1) is 11.3 Å². The third-order valence-corrected chi connectivity index (χ3v) is 7.63. The van der Waals surface area contributed by atoms with E-state index in [2.05, 4.69) is 5.32 Å². The molecule has 0 aliphatic carbocycles. The Bertz CT molecular complexity index is 1020. The van der Waals surface area contributed by atoms with Crippen LogP contribution in [0.25, 0.3) is 0 Å². The summed E-state index contributed by atoms with van der Waals surface area (Å²) in [5.74, 6) is -0.687. The van der Waals surface area contributed by atoms with Crippen LogP contribution in [0.3, 0.4) is 0 Å². The second-order valence-electron chi connectivity index (χ2n) is 7.27. The largest absolute Gasteiger partial charge is 0.465 e. The molecule has 2 heterocycles. The van der Waals surface area contributed by atoms with Crippen molar-refractivity contribution in [1.29, 1.82) is 0 Å². The Kier molecular flexibility index (Phi) is 7.84. The molecule has 0 saturated heterocycles. The van der Waals surface area contributed by atoms with Crippen LogP contribution in [0.1, 0.15) is 54.1 Å². The number of esters is 1. The fourth-order valence-electron chi connectivity index (χ4n) is 3.18. The van der Waals surface area contributed by atoms with E-state index in [1.807, 2.05) is 19.2 Å². The lowest BCUT2D eigenvalue weighted by molar-refractivity contribution is 0.0601. The first-order valence-corrected chi connectivity index (χ1v) is 12.0. The summed E-state index contributed by atoms with van der Waals surface area (Å²) >= 11 is 1.25. The number of carbonyl (C=O) groups is 2. The molecule has 0 aliphatic rings. The second-order valence-corrected chi connectivity index (χ2v) is 10.1. The van der Waals surface area contributed by atoms with E-state index in [-0.39, 0.29) is 10.6 Å². The van der Waals surface area contributed by atoms with Gasteiger partial charge in [-0.1, -0.05) is 27.7 Å². The smallest absolute Gasteiger partial charge is 0.341 e. The number of hydrogen-bond donors (Lipinski definition) is 1. The molecule has 2 aromatic heterocycles. The van der Waals surface area contributed by atoms with E-state index in [0.29, 0.717) is 36.0 Å². The average molecular weight is 456 g/mol. The fourth-order valence-corrected chi connectivity index (χ4v) is 5.67. The molecule has 0 aromatic carbocycles. The van der Waals surface area contributed by atoms with Crippen LogP contribution in [0, 0.1) is 5.92 Å². The van der Waals surface area contributed by atoms with Crippen molar-refractivity contribution >= 4 is 38.2 Å². The average Bonchev–Trinajstić information content (AvgIpc) is 3.25. The maximum atomic E-state index is 12.9. The number of sulfonamides is 1. The van der Waals surface area contributed by atoms with Crippen LogP contribution in [0.5, 0.6) is 0 Å². The zero-order valence-corrected chi connectivity index (χ0v) is 19.8. The van der Waals surface area contributed by atoms with Crippen LogP contribution in [-0.4, -0.2) is 49.4 Å². The number of nitrogens with zero attached hydrogens (tertiary/aromatic N) is 2. The van der Waals surface area contributed by atoms with E-state index in [1.54, 1.807) is 20.9 Å². The van der Waals surface area contributed by atoms with Gasteiger partial charge >= 0.3 is 5.97 Å². The van der Waals surface area contributed by atoms with Gasteiger partial charge in [-0.05, 0) is 29.3 Å². The summed E-state index contributed by atoms with van der Waals surface area (Å²) in [4.78, 5) is 25.2. The number of ether oxygens (including phenoxy) is 1. The normalized spacial score (nSPS) is 11.9. The van der Waals surface area contributed by atoms with Gasteiger partial charge in [-0.2, -0.15) is 4.31 Å². The van der Waals surface area contributed by atoms with Crippen LogP contribution in [0.2, 0.25) is 0 Å². The molecule has 2 aromatic rings. The molecule has 10 heteroatoms. The number of rotatable bonds is 9. The van der Waals surface area contributed by atoms with Crippen molar-refractivity contribution in [1.82, 2.24) is 8.87 Å². The molecule has 0 unspecified atom stereocenters. The van der Waals surface area contributed by atoms with E-state index in [0.717, 1.165) is 5.56 Å². The summed E-state index contributed by atoms with van der Waals surface area (Å²) in [5.41, 5.74) is 1.33. The third-order valence-electron chi connectivity index (χ3n) is 4.67. The number of nitrogens with one attached hydrogen (secondary N) is 1. The quantitative estimate of drug-likeness (QED) is 0.585. The molecular weight excluding hydrogens is 426 g/mol. The second kappa shape index (κ2) is 9.76. The van der Waals surface area contributed by atoms with Gasteiger partial charge in [0, 0.05) is 26.3 Å². The SMILES string of the molecule is CCN(CC)S(=O)(=O)c1cc(C(=O)Nc2scc(CC(C)C)c2C(=O)OC)n(C)c1. The van der Waals surface area contributed by atoms with Crippen LogP contribution < -0.4 is 5.32 Å². The number of carbonyl (C=O) groups excluding carboxylic acids is 2. The van der Waals surface area contributed by atoms with E-state index >= 15 is 0 Å². The Labute approximate surface area is 181 Å². The van der Waals surface area contributed by atoms with Crippen LogP contribution in [0.4, 0.5) is 5.00 Å². The predicted molar refractivity (Wildman–Crippen MR) is 118 cm³/mol. The zero-order valence-electron chi connectivity index (χ0n) is 18.2. The molecule has 1 N–H and O–H groups in total. The fraction of sp³-hybridized carbons (Fsp3) is 0.500. The minimum atomic E-state index is -3.68. The Balaban J connectivity index is 2.37. The topological polar surface area (TPSA) is 97.7 Å². The van der Waals surface area contributed by atoms with Gasteiger partial charge in [0.2, 0.25) is 10.0 Å². The number of anilines is 1. The first-order valence-electron chi connectivity index (χ1n) is 9.73. The monoisotopic (exact) mass is 455 g/mol. The van der Waals surface area contributed by atoms with Crippen molar-refractivity contribution in [3.05, 3.63) is 34.5 Å². The van der Waals surface area contributed by atoms with Gasteiger partial charge in [0.05, 0.1) is 12.7 Å². The predicted octanol–water partition coefficient (Wildman–Crippen LogP) is 3.35. The van der Waals surface area contributed by atoms with Crippen LogP contribution >= 0.6 is 11.3 Å². The third kappa shape index (κ3) is 4.93. The molecule has 1 amide bonds. The first kappa shape index (κ1) is 24.1. The molecular formula is C20H29N3O5S2. The molecule has 8 nitrogen and oxygen atoms in total. The molecule has 0 saturated carbocycles. The Morgan fingerprint density at radius 3 is 2.43 bits per heavy atom. The van der Waals surface area contributed by atoms with Crippen molar-refractivity contribution in [3.8, 4) is 0 Å². The lowest BCUT2D eigenvalue weighted by atomic mass is 10.0. The highest BCUT2D eigenvalue weighted by molar-refractivity contribution is 7.89. The number of thiophene rings is 1. The molecule has 166 valence electrons. The lowest BCUT2D eigenvalue weighted by Gasteiger charge is -2.17. The molecule has 0 spiro atoms. The van der Waals surface area contributed by atoms with Gasteiger partial charge in [0.25, 0.3) is 5.91 Å². The molecule has 30 heavy (non-hydrogen) atoms. The Morgan fingerprint density at radius 2 is 1.90 bits per heavy atom. The van der Waals surface area contributed by atoms with Crippen LogP contribution in [-0.2, 0) is 28.2 Å². The number of aromatic nitrogens is 1. The first-order chi connectivity index (χ1) is 14.1. The van der Waals surface area contributed by atoms with Gasteiger partial charge in [-0.3, -0.25) is 4.79 Å². The molecule has 0 aliphatic heterocycles. The van der Waals surface area contributed by atoms with Gasteiger partial charge in [-0.25, -0.2) is 13.2 Å². The summed E-state index contributed by atoms with van der Waals surface area (Å²) in [6.45, 7) is 8.28. The van der Waals surface area contributed by atoms with Crippen LogP contribution in [0.15, 0.2) is 22.5 Å². The molecule has 0 atom stereocenters. The summed E-state index contributed by atoms with van der Waals surface area (Å²) in [6.07, 6.45) is 2.09. The number of hydrogen-bond acceptors (Lipinski definition) is 6. The van der Waals surface area contributed by atoms with Gasteiger partial charge in [0.1, 0.15) is 15.6 Å². The summed E-state index contributed by atoms with van der Waals surface area (Å²) in [7, 11) is -0.778. The highest BCUT2D eigenvalue weighted by Gasteiger charge is 2.27. The maximum Gasteiger partial charge on any atom is 0.341 e. The number of methoxy groups -OCH3 is 1. The Morgan fingerprint density at radius 1 is 1.27 bits per heavy atom. The van der Waals surface area contributed by atoms with Gasteiger partial charge in [0.15, 0.2) is 0 Å². The van der Waals surface area contributed by atoms with E-state index in [9.17, 15) is 18.0 Å². The molecule has 0 bridgehead atoms. The zero-order chi connectivity index (χ0) is 22.6. The van der Waals surface area contributed by atoms with Gasteiger partial charge < -0.3 is 14.6 Å². The van der Waals surface area contributed by atoms with E-state index in [1.165, 1.54) is 39.6 Å². The van der Waals surface area contributed by atoms with Crippen molar-refractivity contribution < 1.29 is 22.7 Å². The minimum Gasteiger partial charge on any atom is -0.465 e. The number of aryl methyl sites for hydroxylation is 1. The summed E-state index contributed by atoms with van der Waals surface area (Å²) in [6, 6.07) is 1.35. The molecule has 0 fully saturated rings. The standard InChI is InChI=1S/C20H29N3O5S2/c1-7-23(8-2)30(26,27)15-10-16(22(5)11-15)18(24)21-19-17(20(25)28-6)14(12-29-19)9-13(3)4/h10-13H,7-9H2,1-6H3,(H,21,24). The highest BCUT2D eigenvalue weighted by atomic mass is 32.2. The Hall–Kier alpha value is -2.17. The number of amides is 1. The summed E-state index contributed by atoms with van der Waals surface area (Å²) < 4.78 is 33.2. The molecule has 0 radical (unpaired) electrons. The highest BCUT2D eigenvalue weighted by Crippen LogP contribution is 2.31. The van der Waals surface area contributed by atoms with E-state index < -0.39 is 21.9 Å². The maximum absolute atomic E-state index is 12.9.